The Morgan fingerprint density at radius 3 is 2.79 bits per heavy atom. The standard InChI is InChI=1S/C17H29N5O6P/c1-9(2)27-15(23)11(4)21-29(25)26-7-12-6-17(5,24)16(28-12)22-8-20-13(10(3)18)14(22)19/h8-9,11-12,16,18,24H,6-7,19H2,1-5H3,(H,21,25)/q+1. The Balaban J connectivity index is 1.93. The minimum Gasteiger partial charge on any atom is -0.462 e. The molecule has 0 spiro atoms. The SMILES string of the molecule is CC(=N)c1ncn(C2OC(CO[P+](=O)NC(C)C(=O)OC(C)C)CC2(C)O)c1N. The molecule has 1 fully saturated rings. The van der Waals surface area contributed by atoms with Gasteiger partial charge in [0.2, 0.25) is 0 Å². The molecule has 0 radical (unpaired) electrons. The number of nitrogens with one attached hydrogen (secondary N) is 2. The molecular weight excluding hydrogens is 401 g/mol. The molecule has 0 bridgehead atoms. The van der Waals surface area contributed by atoms with Gasteiger partial charge in [0.1, 0.15) is 29.8 Å². The third-order valence-electron chi connectivity index (χ3n) is 4.32. The molecular formula is C17H29N5O6P+. The molecule has 0 amide bonds. The second kappa shape index (κ2) is 9.27. The molecule has 2 rings (SSSR count). The summed E-state index contributed by atoms with van der Waals surface area (Å²) in [5.74, 6) is -0.311. The van der Waals surface area contributed by atoms with Gasteiger partial charge in [-0.2, -0.15) is 0 Å². The second-order valence-corrected chi connectivity index (χ2v) is 8.60. The number of anilines is 1. The van der Waals surface area contributed by atoms with Crippen molar-refractivity contribution in [2.75, 3.05) is 12.3 Å². The van der Waals surface area contributed by atoms with Crippen LogP contribution in [-0.2, 0) is 23.4 Å². The molecule has 5 N–H and O–H groups in total. The van der Waals surface area contributed by atoms with Crippen molar-refractivity contribution in [2.24, 2.45) is 0 Å². The van der Waals surface area contributed by atoms with Crippen LogP contribution in [0.15, 0.2) is 6.33 Å². The van der Waals surface area contributed by atoms with Gasteiger partial charge in [-0.3, -0.25) is 9.36 Å². The zero-order valence-electron chi connectivity index (χ0n) is 17.2. The lowest BCUT2D eigenvalue weighted by Gasteiger charge is -2.25. The van der Waals surface area contributed by atoms with Gasteiger partial charge < -0.3 is 25.7 Å². The van der Waals surface area contributed by atoms with Gasteiger partial charge in [0.15, 0.2) is 6.23 Å². The van der Waals surface area contributed by atoms with Crippen molar-refractivity contribution in [3.8, 4) is 0 Å². The van der Waals surface area contributed by atoms with Gasteiger partial charge in [-0.1, -0.05) is 5.09 Å². The van der Waals surface area contributed by atoms with Crippen LogP contribution < -0.4 is 10.8 Å². The van der Waals surface area contributed by atoms with Gasteiger partial charge in [0, 0.05) is 6.42 Å². The van der Waals surface area contributed by atoms with E-state index in [-0.39, 0.29) is 30.7 Å². The van der Waals surface area contributed by atoms with Crippen LogP contribution in [0.3, 0.4) is 0 Å². The van der Waals surface area contributed by atoms with Crippen molar-refractivity contribution in [2.45, 2.75) is 71.1 Å². The number of aromatic nitrogens is 2. The van der Waals surface area contributed by atoms with Crippen molar-refractivity contribution < 1.29 is 28.5 Å². The summed E-state index contributed by atoms with van der Waals surface area (Å²) in [4.78, 5) is 15.8. The Morgan fingerprint density at radius 2 is 2.24 bits per heavy atom. The lowest BCUT2D eigenvalue weighted by Crippen LogP contribution is -2.33. The Hall–Kier alpha value is -1.91. The van der Waals surface area contributed by atoms with E-state index in [9.17, 15) is 14.5 Å². The fourth-order valence-electron chi connectivity index (χ4n) is 2.98. The van der Waals surface area contributed by atoms with E-state index in [4.69, 9.17) is 25.1 Å². The number of nitrogens with two attached hydrogens (primary N) is 1. The van der Waals surface area contributed by atoms with Crippen LogP contribution in [0, 0.1) is 5.41 Å². The number of esters is 1. The first-order chi connectivity index (χ1) is 13.4. The number of carbonyl (C=O) groups is 1. The van der Waals surface area contributed by atoms with E-state index < -0.39 is 38.1 Å². The molecule has 1 aliphatic rings. The summed E-state index contributed by atoms with van der Waals surface area (Å²) in [5, 5.41) is 20.9. The molecule has 0 aromatic carbocycles. The summed E-state index contributed by atoms with van der Waals surface area (Å²) in [7, 11) is -2.34. The maximum atomic E-state index is 12.1. The summed E-state index contributed by atoms with van der Waals surface area (Å²) >= 11 is 0. The Kier molecular flexibility index (Phi) is 7.47. The molecule has 29 heavy (non-hydrogen) atoms. The third kappa shape index (κ3) is 5.80. The topological polar surface area (TPSA) is 162 Å². The number of aliphatic hydroxyl groups is 1. The fraction of sp³-hybridized carbons (Fsp3) is 0.706. The first-order valence-electron chi connectivity index (χ1n) is 9.25. The molecule has 5 atom stereocenters. The van der Waals surface area contributed by atoms with Crippen molar-refractivity contribution in [1.29, 1.82) is 5.41 Å². The van der Waals surface area contributed by atoms with E-state index in [2.05, 4.69) is 10.1 Å². The van der Waals surface area contributed by atoms with Crippen LogP contribution in [0.25, 0.3) is 0 Å². The van der Waals surface area contributed by atoms with Gasteiger partial charge in [-0.05, 0) is 39.2 Å². The summed E-state index contributed by atoms with van der Waals surface area (Å²) in [6, 6.07) is -0.796. The summed E-state index contributed by atoms with van der Waals surface area (Å²) in [6.45, 7) is 8.07. The van der Waals surface area contributed by atoms with Crippen molar-refractivity contribution >= 4 is 25.7 Å². The van der Waals surface area contributed by atoms with Crippen LogP contribution in [-0.4, -0.2) is 56.8 Å². The van der Waals surface area contributed by atoms with Crippen LogP contribution in [0.1, 0.15) is 53.0 Å². The number of rotatable bonds is 9. The molecule has 1 saturated heterocycles. The van der Waals surface area contributed by atoms with Gasteiger partial charge in [0.25, 0.3) is 0 Å². The first kappa shape index (κ1) is 23.4. The zero-order chi connectivity index (χ0) is 21.9. The van der Waals surface area contributed by atoms with Crippen molar-refractivity contribution in [3.05, 3.63) is 12.0 Å². The summed E-state index contributed by atoms with van der Waals surface area (Å²) in [6.07, 6.45) is -0.0380. The number of nitrogens with zero attached hydrogens (tertiary/aromatic N) is 2. The number of hydrogen-bond acceptors (Lipinski definition) is 9. The van der Waals surface area contributed by atoms with E-state index >= 15 is 0 Å². The van der Waals surface area contributed by atoms with Gasteiger partial charge >= 0.3 is 14.1 Å². The minimum atomic E-state index is -2.34. The lowest BCUT2D eigenvalue weighted by molar-refractivity contribution is -0.149. The van der Waals surface area contributed by atoms with Crippen LogP contribution in [0.5, 0.6) is 0 Å². The first-order valence-corrected chi connectivity index (χ1v) is 10.4. The summed E-state index contributed by atoms with van der Waals surface area (Å²) in [5.41, 5.74) is 5.27. The largest absolute Gasteiger partial charge is 0.613 e. The molecule has 2 heterocycles. The number of ether oxygens (including phenoxy) is 2. The molecule has 162 valence electrons. The van der Waals surface area contributed by atoms with Crippen molar-refractivity contribution in [1.82, 2.24) is 14.6 Å². The highest BCUT2D eigenvalue weighted by molar-refractivity contribution is 7.36. The molecule has 5 unspecified atom stereocenters. The number of carbonyl (C=O) groups excluding carboxylic acids is 1. The number of nitrogen functional groups attached to an aromatic ring is 1. The lowest BCUT2D eigenvalue weighted by atomic mass is 10.0. The van der Waals surface area contributed by atoms with Gasteiger partial charge in [-0.25, -0.2) is 4.98 Å². The van der Waals surface area contributed by atoms with Gasteiger partial charge in [0.05, 0.1) is 24.2 Å². The third-order valence-corrected chi connectivity index (χ3v) is 5.30. The molecule has 1 aromatic heterocycles. The maximum Gasteiger partial charge on any atom is 0.613 e. The Morgan fingerprint density at radius 1 is 1.59 bits per heavy atom. The molecule has 0 saturated carbocycles. The molecule has 1 aliphatic heterocycles. The Labute approximate surface area is 170 Å². The number of hydrogen-bond donors (Lipinski definition) is 4. The summed E-state index contributed by atoms with van der Waals surface area (Å²) < 4.78 is 29.7. The normalized spacial score (nSPS) is 25.8. The second-order valence-electron chi connectivity index (χ2n) is 7.57. The monoisotopic (exact) mass is 430 g/mol. The maximum absolute atomic E-state index is 12.1. The zero-order valence-corrected chi connectivity index (χ0v) is 18.1. The average molecular weight is 430 g/mol. The van der Waals surface area contributed by atoms with Crippen molar-refractivity contribution in [3.63, 3.8) is 0 Å². The number of imidazole rings is 1. The predicted molar refractivity (Wildman–Crippen MR) is 106 cm³/mol. The minimum absolute atomic E-state index is 0.0636. The van der Waals surface area contributed by atoms with E-state index in [1.54, 1.807) is 27.7 Å². The van der Waals surface area contributed by atoms with E-state index in [0.29, 0.717) is 5.69 Å². The molecule has 1 aromatic rings. The fourth-order valence-corrected chi connectivity index (χ4v) is 3.78. The molecule has 0 aliphatic carbocycles. The van der Waals surface area contributed by atoms with Crippen LogP contribution in [0.2, 0.25) is 0 Å². The highest BCUT2D eigenvalue weighted by Crippen LogP contribution is 2.40. The van der Waals surface area contributed by atoms with Crippen LogP contribution >= 0.6 is 8.18 Å². The average Bonchev–Trinajstić information content (AvgIpc) is 3.11. The van der Waals surface area contributed by atoms with E-state index in [1.165, 1.54) is 17.8 Å². The highest BCUT2D eigenvalue weighted by atomic mass is 31.1. The van der Waals surface area contributed by atoms with Gasteiger partial charge in [-0.15, -0.1) is 4.52 Å². The van der Waals surface area contributed by atoms with Crippen LogP contribution in [0.4, 0.5) is 5.82 Å². The Bertz CT molecular complexity index is 780. The molecule has 12 heteroatoms. The molecule has 11 nitrogen and oxygen atoms in total. The highest BCUT2D eigenvalue weighted by Gasteiger charge is 2.47. The predicted octanol–water partition coefficient (Wildman–Crippen LogP) is 1.50. The smallest absolute Gasteiger partial charge is 0.462 e. The quantitative estimate of drug-likeness (QED) is 0.258. The van der Waals surface area contributed by atoms with E-state index in [0.717, 1.165) is 0 Å². The van der Waals surface area contributed by atoms with E-state index in [1.807, 2.05) is 0 Å².